The number of benzene rings is 2. The van der Waals surface area contributed by atoms with E-state index >= 15 is 0 Å². The van der Waals surface area contributed by atoms with Crippen LogP contribution in [-0.2, 0) is 6.42 Å². The van der Waals surface area contributed by atoms with Gasteiger partial charge in [-0.05, 0) is 29.8 Å². The van der Waals surface area contributed by atoms with Crippen LogP contribution in [0.4, 0.5) is 0 Å². The summed E-state index contributed by atoms with van der Waals surface area (Å²) in [4.78, 5) is 9.05. The summed E-state index contributed by atoms with van der Waals surface area (Å²) < 4.78 is 15.8. The number of halogens is 1. The Bertz CT molecular complexity index is 840. The molecule has 3 rings (SSSR count). The molecular formula is C18H19ClN2O3. The fraction of sp³-hybridized carbons (Fsp3) is 0.222. The Labute approximate surface area is 147 Å². The predicted molar refractivity (Wildman–Crippen MR) is 95.7 cm³/mol. The van der Waals surface area contributed by atoms with E-state index in [0.717, 1.165) is 28.0 Å². The fourth-order valence-electron chi connectivity index (χ4n) is 2.43. The van der Waals surface area contributed by atoms with Crippen molar-refractivity contribution in [1.29, 1.82) is 0 Å². The SMILES string of the molecule is COc1ccc2cnc(Cc3ccc(OC)c(OC)c3)nc2c1.Cl. The average molecular weight is 347 g/mol. The zero-order valence-electron chi connectivity index (χ0n) is 13.8. The van der Waals surface area contributed by atoms with Crippen LogP contribution in [0.15, 0.2) is 42.6 Å². The highest BCUT2D eigenvalue weighted by molar-refractivity contribution is 5.85. The first-order valence-corrected chi connectivity index (χ1v) is 7.24. The van der Waals surface area contributed by atoms with Crippen molar-refractivity contribution in [2.45, 2.75) is 6.42 Å². The minimum Gasteiger partial charge on any atom is -0.497 e. The Morgan fingerprint density at radius 2 is 1.67 bits per heavy atom. The number of nitrogens with zero attached hydrogens (tertiary/aromatic N) is 2. The number of methoxy groups -OCH3 is 3. The first kappa shape index (κ1) is 17.8. The topological polar surface area (TPSA) is 53.5 Å². The molecule has 24 heavy (non-hydrogen) atoms. The van der Waals surface area contributed by atoms with Gasteiger partial charge in [0.2, 0.25) is 0 Å². The lowest BCUT2D eigenvalue weighted by Crippen LogP contribution is -1.98. The van der Waals surface area contributed by atoms with Gasteiger partial charge in [-0.25, -0.2) is 9.97 Å². The minimum absolute atomic E-state index is 0. The van der Waals surface area contributed by atoms with E-state index in [4.69, 9.17) is 14.2 Å². The van der Waals surface area contributed by atoms with E-state index < -0.39 is 0 Å². The molecule has 6 heteroatoms. The standard InChI is InChI=1S/C18H18N2O3.ClH/c1-21-14-6-5-13-11-19-18(20-15(13)10-14)9-12-4-7-16(22-2)17(8-12)23-3;/h4-8,10-11H,9H2,1-3H3;1H. The van der Waals surface area contributed by atoms with E-state index in [1.807, 2.05) is 42.6 Å². The summed E-state index contributed by atoms with van der Waals surface area (Å²) in [5.41, 5.74) is 1.93. The van der Waals surface area contributed by atoms with Crippen LogP contribution in [0.1, 0.15) is 11.4 Å². The minimum atomic E-state index is 0. The van der Waals surface area contributed by atoms with E-state index in [1.165, 1.54) is 0 Å². The molecular weight excluding hydrogens is 328 g/mol. The van der Waals surface area contributed by atoms with Crippen molar-refractivity contribution in [3.05, 3.63) is 54.0 Å². The maximum Gasteiger partial charge on any atom is 0.161 e. The number of rotatable bonds is 5. The van der Waals surface area contributed by atoms with Gasteiger partial charge in [0, 0.05) is 24.1 Å². The second-order valence-corrected chi connectivity index (χ2v) is 5.08. The molecule has 0 atom stereocenters. The Kier molecular flexibility index (Phi) is 5.82. The zero-order valence-corrected chi connectivity index (χ0v) is 14.6. The average Bonchev–Trinajstić information content (AvgIpc) is 2.60. The Balaban J connectivity index is 0.00000208. The molecule has 5 nitrogen and oxygen atoms in total. The molecule has 0 saturated carbocycles. The molecule has 0 fully saturated rings. The third-order valence-electron chi connectivity index (χ3n) is 3.65. The molecule has 0 N–H and O–H groups in total. The van der Waals surface area contributed by atoms with Crippen molar-refractivity contribution < 1.29 is 14.2 Å². The summed E-state index contributed by atoms with van der Waals surface area (Å²) in [6.45, 7) is 0. The van der Waals surface area contributed by atoms with E-state index in [1.54, 1.807) is 21.3 Å². The van der Waals surface area contributed by atoms with Crippen molar-refractivity contribution in [1.82, 2.24) is 9.97 Å². The van der Waals surface area contributed by atoms with Crippen LogP contribution >= 0.6 is 12.4 Å². The molecule has 0 spiro atoms. The monoisotopic (exact) mass is 346 g/mol. The third-order valence-corrected chi connectivity index (χ3v) is 3.65. The smallest absolute Gasteiger partial charge is 0.161 e. The molecule has 0 saturated heterocycles. The second kappa shape index (κ2) is 7.84. The van der Waals surface area contributed by atoms with E-state index in [-0.39, 0.29) is 12.4 Å². The fourth-order valence-corrected chi connectivity index (χ4v) is 2.43. The highest BCUT2D eigenvalue weighted by Crippen LogP contribution is 2.28. The predicted octanol–water partition coefficient (Wildman–Crippen LogP) is 3.67. The van der Waals surface area contributed by atoms with E-state index in [9.17, 15) is 0 Å². The Hall–Kier alpha value is -2.53. The zero-order chi connectivity index (χ0) is 16.2. The largest absolute Gasteiger partial charge is 0.497 e. The first-order valence-electron chi connectivity index (χ1n) is 7.24. The number of aromatic nitrogens is 2. The van der Waals surface area contributed by atoms with Crippen LogP contribution in [0, 0.1) is 0 Å². The molecule has 0 aliphatic heterocycles. The lowest BCUT2D eigenvalue weighted by Gasteiger charge is -2.09. The molecule has 1 heterocycles. The highest BCUT2D eigenvalue weighted by atomic mass is 35.5. The van der Waals surface area contributed by atoms with Gasteiger partial charge < -0.3 is 14.2 Å². The maximum atomic E-state index is 5.33. The molecule has 3 aromatic rings. The molecule has 1 aromatic heterocycles. The first-order chi connectivity index (χ1) is 11.2. The molecule has 0 unspecified atom stereocenters. The van der Waals surface area contributed by atoms with Gasteiger partial charge in [-0.1, -0.05) is 6.07 Å². The molecule has 126 valence electrons. The summed E-state index contributed by atoms with van der Waals surface area (Å²) in [6, 6.07) is 11.6. The number of hydrogen-bond donors (Lipinski definition) is 0. The van der Waals surface area contributed by atoms with Crippen LogP contribution in [0.5, 0.6) is 17.2 Å². The van der Waals surface area contributed by atoms with Crippen molar-refractivity contribution >= 4 is 23.3 Å². The summed E-state index contributed by atoms with van der Waals surface area (Å²) >= 11 is 0. The molecule has 0 aliphatic carbocycles. The van der Waals surface area contributed by atoms with E-state index in [2.05, 4.69) is 9.97 Å². The lowest BCUT2D eigenvalue weighted by molar-refractivity contribution is 0.354. The van der Waals surface area contributed by atoms with Crippen LogP contribution in [-0.4, -0.2) is 31.3 Å². The lowest BCUT2D eigenvalue weighted by atomic mass is 10.1. The van der Waals surface area contributed by atoms with Crippen LogP contribution in [0.3, 0.4) is 0 Å². The summed E-state index contributed by atoms with van der Waals surface area (Å²) in [6.07, 6.45) is 2.45. The van der Waals surface area contributed by atoms with Crippen molar-refractivity contribution in [2.24, 2.45) is 0 Å². The third kappa shape index (κ3) is 3.68. The van der Waals surface area contributed by atoms with Gasteiger partial charge in [0.1, 0.15) is 11.6 Å². The van der Waals surface area contributed by atoms with Gasteiger partial charge in [-0.15, -0.1) is 12.4 Å². The summed E-state index contributed by atoms with van der Waals surface area (Å²) in [7, 11) is 4.89. The van der Waals surface area contributed by atoms with Gasteiger partial charge in [-0.2, -0.15) is 0 Å². The van der Waals surface area contributed by atoms with Gasteiger partial charge in [0.05, 0.1) is 26.8 Å². The van der Waals surface area contributed by atoms with Crippen LogP contribution in [0.25, 0.3) is 10.9 Å². The Morgan fingerprint density at radius 3 is 2.38 bits per heavy atom. The van der Waals surface area contributed by atoms with Crippen LogP contribution in [0.2, 0.25) is 0 Å². The molecule has 2 aromatic carbocycles. The number of fused-ring (bicyclic) bond motifs is 1. The Morgan fingerprint density at radius 1 is 0.875 bits per heavy atom. The molecule has 0 aliphatic rings. The molecule has 0 bridgehead atoms. The molecule has 0 radical (unpaired) electrons. The highest BCUT2D eigenvalue weighted by Gasteiger charge is 2.07. The van der Waals surface area contributed by atoms with Gasteiger partial charge in [0.15, 0.2) is 11.5 Å². The van der Waals surface area contributed by atoms with Crippen molar-refractivity contribution in [3.8, 4) is 17.2 Å². The second-order valence-electron chi connectivity index (χ2n) is 5.08. The van der Waals surface area contributed by atoms with Crippen molar-refractivity contribution in [2.75, 3.05) is 21.3 Å². The normalized spacial score (nSPS) is 10.1. The van der Waals surface area contributed by atoms with Gasteiger partial charge >= 0.3 is 0 Å². The van der Waals surface area contributed by atoms with Crippen molar-refractivity contribution in [3.63, 3.8) is 0 Å². The maximum absolute atomic E-state index is 5.33. The van der Waals surface area contributed by atoms with Gasteiger partial charge in [-0.3, -0.25) is 0 Å². The van der Waals surface area contributed by atoms with Gasteiger partial charge in [0.25, 0.3) is 0 Å². The molecule has 0 amide bonds. The van der Waals surface area contributed by atoms with E-state index in [0.29, 0.717) is 17.9 Å². The summed E-state index contributed by atoms with van der Waals surface area (Å²) in [5, 5.41) is 0.988. The number of ether oxygens (including phenoxy) is 3. The quantitative estimate of drug-likeness (QED) is 0.705. The summed E-state index contributed by atoms with van der Waals surface area (Å²) in [5.74, 6) is 2.94. The van der Waals surface area contributed by atoms with Crippen LogP contribution < -0.4 is 14.2 Å². The number of hydrogen-bond acceptors (Lipinski definition) is 5.